The lowest BCUT2D eigenvalue weighted by molar-refractivity contribution is -0.138. The van der Waals surface area contributed by atoms with Gasteiger partial charge >= 0.3 is 6.18 Å². The second-order valence-electron chi connectivity index (χ2n) is 6.87. The van der Waals surface area contributed by atoms with Gasteiger partial charge in [0, 0.05) is 17.1 Å². The molecule has 138 valence electrons. The minimum absolute atomic E-state index is 0.0587. The van der Waals surface area contributed by atoms with E-state index in [4.69, 9.17) is 0 Å². The van der Waals surface area contributed by atoms with Crippen LogP contribution in [0.15, 0.2) is 42.6 Å². The number of benzene rings is 2. The summed E-state index contributed by atoms with van der Waals surface area (Å²) in [7, 11) is 0. The van der Waals surface area contributed by atoms with E-state index in [1.54, 1.807) is 44.3 Å². The molecule has 3 rings (SSSR count). The number of nitrogens with zero attached hydrogens (tertiary/aromatic N) is 3. The van der Waals surface area contributed by atoms with Crippen molar-refractivity contribution in [3.63, 3.8) is 0 Å². The largest absolute Gasteiger partial charge is 0.416 e. The fraction of sp³-hybridized carbons (Fsp3) is 0.250. The van der Waals surface area contributed by atoms with Gasteiger partial charge < -0.3 is 0 Å². The number of rotatable bonds is 4. The van der Waals surface area contributed by atoms with Crippen molar-refractivity contribution in [1.29, 1.82) is 5.26 Å². The maximum absolute atomic E-state index is 13.6. The Balaban J connectivity index is 2.04. The van der Waals surface area contributed by atoms with Gasteiger partial charge in [0.05, 0.1) is 29.1 Å². The maximum Gasteiger partial charge on any atom is 0.416 e. The first-order valence-corrected chi connectivity index (χ1v) is 8.18. The molecule has 1 heterocycles. The highest BCUT2D eigenvalue weighted by molar-refractivity contribution is 5.86. The SMILES string of the molecule is CC(C)(C#N)c1ccc(Cn2cc3cc(C=O)ccc3n2)c(C(F)(F)F)c1. The summed E-state index contributed by atoms with van der Waals surface area (Å²) in [6.07, 6.45) is -2.24. The number of aldehydes is 1. The Morgan fingerprint density at radius 1 is 1.19 bits per heavy atom. The van der Waals surface area contributed by atoms with Crippen LogP contribution in [-0.2, 0) is 18.1 Å². The summed E-state index contributed by atoms with van der Waals surface area (Å²) in [5.74, 6) is 0. The molecule has 0 amide bonds. The average Bonchev–Trinajstić information content (AvgIpc) is 3.02. The molecule has 0 aliphatic rings. The normalized spacial score (nSPS) is 12.1. The van der Waals surface area contributed by atoms with Crippen LogP contribution in [0, 0.1) is 11.3 Å². The molecule has 1 aromatic heterocycles. The lowest BCUT2D eigenvalue weighted by Crippen LogP contribution is -2.18. The Morgan fingerprint density at radius 3 is 2.56 bits per heavy atom. The Morgan fingerprint density at radius 2 is 1.93 bits per heavy atom. The molecule has 0 radical (unpaired) electrons. The lowest BCUT2D eigenvalue weighted by atomic mass is 9.84. The van der Waals surface area contributed by atoms with E-state index in [0.29, 0.717) is 28.3 Å². The molecule has 7 heteroatoms. The molecule has 0 saturated heterocycles. The fourth-order valence-electron chi connectivity index (χ4n) is 2.86. The first-order valence-electron chi connectivity index (χ1n) is 8.18. The molecule has 0 saturated carbocycles. The van der Waals surface area contributed by atoms with Crippen molar-refractivity contribution in [1.82, 2.24) is 9.78 Å². The highest BCUT2D eigenvalue weighted by Crippen LogP contribution is 2.35. The van der Waals surface area contributed by atoms with Gasteiger partial charge in [0.2, 0.25) is 0 Å². The topological polar surface area (TPSA) is 58.7 Å². The average molecular weight is 371 g/mol. The molecule has 2 aromatic carbocycles. The summed E-state index contributed by atoms with van der Waals surface area (Å²) in [4.78, 5) is 10.9. The summed E-state index contributed by atoms with van der Waals surface area (Å²) in [5.41, 5.74) is -0.371. The Hall–Kier alpha value is -3.14. The van der Waals surface area contributed by atoms with Crippen LogP contribution in [0.5, 0.6) is 0 Å². The molecule has 3 aromatic rings. The molecule has 0 aliphatic carbocycles. The minimum atomic E-state index is -4.55. The van der Waals surface area contributed by atoms with Crippen LogP contribution in [0.25, 0.3) is 10.9 Å². The van der Waals surface area contributed by atoms with E-state index in [1.165, 1.54) is 10.7 Å². The number of carbonyl (C=O) groups is 1. The van der Waals surface area contributed by atoms with Gasteiger partial charge in [-0.05, 0) is 49.2 Å². The highest BCUT2D eigenvalue weighted by atomic mass is 19.4. The van der Waals surface area contributed by atoms with E-state index < -0.39 is 17.2 Å². The van der Waals surface area contributed by atoms with E-state index in [2.05, 4.69) is 5.10 Å². The predicted molar refractivity (Wildman–Crippen MR) is 94.3 cm³/mol. The molecular weight excluding hydrogens is 355 g/mol. The lowest BCUT2D eigenvalue weighted by Gasteiger charge is -2.20. The third kappa shape index (κ3) is 3.70. The first-order chi connectivity index (χ1) is 12.6. The Bertz CT molecular complexity index is 1060. The summed E-state index contributed by atoms with van der Waals surface area (Å²) in [5, 5.41) is 14.2. The third-order valence-electron chi connectivity index (χ3n) is 4.46. The molecule has 0 unspecified atom stereocenters. The number of fused-ring (bicyclic) bond motifs is 1. The second kappa shape index (κ2) is 6.54. The number of carbonyl (C=O) groups excluding carboxylic acids is 1. The number of hydrogen-bond acceptors (Lipinski definition) is 3. The van der Waals surface area contributed by atoms with Gasteiger partial charge in [-0.3, -0.25) is 9.48 Å². The van der Waals surface area contributed by atoms with Crippen molar-refractivity contribution in [2.24, 2.45) is 0 Å². The van der Waals surface area contributed by atoms with Crippen molar-refractivity contribution >= 4 is 17.2 Å². The number of nitriles is 1. The number of halogens is 3. The van der Waals surface area contributed by atoms with Gasteiger partial charge in [-0.2, -0.15) is 23.5 Å². The van der Waals surface area contributed by atoms with Gasteiger partial charge in [0.1, 0.15) is 6.29 Å². The fourth-order valence-corrected chi connectivity index (χ4v) is 2.86. The van der Waals surface area contributed by atoms with Gasteiger partial charge in [-0.1, -0.05) is 12.1 Å². The predicted octanol–water partition coefficient (Wildman–Crippen LogP) is 4.72. The first kappa shape index (κ1) is 18.6. The number of aromatic nitrogens is 2. The van der Waals surface area contributed by atoms with Gasteiger partial charge in [-0.15, -0.1) is 0 Å². The monoisotopic (exact) mass is 371 g/mol. The zero-order valence-corrected chi connectivity index (χ0v) is 14.7. The standard InChI is InChI=1S/C20H16F3N3O/c1-19(2,12-24)16-5-4-14(17(8-16)20(21,22)23)9-26-10-15-7-13(11-27)3-6-18(15)25-26/h3-8,10-11H,9H2,1-2H3. The second-order valence-corrected chi connectivity index (χ2v) is 6.87. The van der Waals surface area contributed by atoms with E-state index in [9.17, 15) is 23.2 Å². The van der Waals surface area contributed by atoms with E-state index in [1.807, 2.05) is 6.07 Å². The minimum Gasteiger partial charge on any atom is -0.298 e. The van der Waals surface area contributed by atoms with E-state index in [-0.39, 0.29) is 12.1 Å². The van der Waals surface area contributed by atoms with E-state index >= 15 is 0 Å². The maximum atomic E-state index is 13.6. The Kier molecular flexibility index (Phi) is 4.52. The van der Waals surface area contributed by atoms with Crippen LogP contribution >= 0.6 is 0 Å². The molecule has 0 N–H and O–H groups in total. The molecule has 0 bridgehead atoms. The van der Waals surface area contributed by atoms with Gasteiger partial charge in [0.25, 0.3) is 0 Å². The summed E-state index contributed by atoms with van der Waals surface area (Å²) in [6.45, 7) is 3.08. The summed E-state index contributed by atoms with van der Waals surface area (Å²) >= 11 is 0. The molecule has 0 atom stereocenters. The van der Waals surface area contributed by atoms with E-state index in [0.717, 1.165) is 6.07 Å². The smallest absolute Gasteiger partial charge is 0.298 e. The van der Waals surface area contributed by atoms with Crippen LogP contribution in [0.3, 0.4) is 0 Å². The molecular formula is C20H16F3N3O. The highest BCUT2D eigenvalue weighted by Gasteiger charge is 2.35. The molecule has 0 spiro atoms. The quantitative estimate of drug-likeness (QED) is 0.624. The van der Waals surface area contributed by atoms with Crippen molar-refractivity contribution in [3.05, 3.63) is 64.8 Å². The number of alkyl halides is 3. The van der Waals surface area contributed by atoms with Crippen LogP contribution in [-0.4, -0.2) is 16.1 Å². The van der Waals surface area contributed by atoms with Crippen LogP contribution in [0.2, 0.25) is 0 Å². The number of hydrogen-bond donors (Lipinski definition) is 0. The van der Waals surface area contributed by atoms with Crippen LogP contribution in [0.1, 0.15) is 40.9 Å². The van der Waals surface area contributed by atoms with Crippen LogP contribution < -0.4 is 0 Å². The molecule has 4 nitrogen and oxygen atoms in total. The van der Waals surface area contributed by atoms with Gasteiger partial charge in [-0.25, -0.2) is 0 Å². The summed E-state index contributed by atoms with van der Waals surface area (Å²) < 4.78 is 42.1. The van der Waals surface area contributed by atoms with Crippen molar-refractivity contribution < 1.29 is 18.0 Å². The zero-order valence-electron chi connectivity index (χ0n) is 14.7. The van der Waals surface area contributed by atoms with Crippen LogP contribution in [0.4, 0.5) is 13.2 Å². The van der Waals surface area contributed by atoms with Gasteiger partial charge in [0.15, 0.2) is 0 Å². The zero-order chi connectivity index (χ0) is 19.8. The Labute approximate surface area is 153 Å². The molecule has 0 fully saturated rings. The summed E-state index contributed by atoms with van der Waals surface area (Å²) in [6, 6.07) is 10.9. The van der Waals surface area contributed by atoms with Crippen molar-refractivity contribution in [2.45, 2.75) is 32.0 Å². The molecule has 27 heavy (non-hydrogen) atoms. The molecule has 0 aliphatic heterocycles. The van der Waals surface area contributed by atoms with Crippen molar-refractivity contribution in [2.75, 3.05) is 0 Å². The van der Waals surface area contributed by atoms with Crippen molar-refractivity contribution in [3.8, 4) is 6.07 Å². The third-order valence-corrected chi connectivity index (χ3v) is 4.46.